The van der Waals surface area contributed by atoms with Gasteiger partial charge in [-0.3, -0.25) is 4.79 Å². The van der Waals surface area contributed by atoms with E-state index in [2.05, 4.69) is 16.0 Å². The Hall–Kier alpha value is -2.63. The van der Waals surface area contributed by atoms with Gasteiger partial charge in [-0.2, -0.15) is 16.1 Å². The molecule has 0 fully saturated rings. The summed E-state index contributed by atoms with van der Waals surface area (Å²) in [5.74, 6) is 1.89. The highest BCUT2D eigenvalue weighted by atomic mass is 35.5. The van der Waals surface area contributed by atoms with Crippen LogP contribution in [-0.2, 0) is 10.0 Å². The number of halogens is 1. The molecule has 5 nitrogen and oxygen atoms in total. The summed E-state index contributed by atoms with van der Waals surface area (Å²) in [6.45, 7) is -0.103. The number of amides is 1. The highest BCUT2D eigenvalue weighted by molar-refractivity contribution is 7.89. The van der Waals surface area contributed by atoms with Crippen LogP contribution in [0.25, 0.3) is 0 Å². The smallest absolute Gasteiger partial charge is 0.252 e. The molecule has 1 amide bonds. The molecule has 0 saturated carbocycles. The lowest BCUT2D eigenvalue weighted by Gasteiger charge is -2.19. The normalized spacial score (nSPS) is 12.1. The molecule has 0 bridgehead atoms. The van der Waals surface area contributed by atoms with Crippen molar-refractivity contribution in [3.63, 3.8) is 0 Å². The van der Waals surface area contributed by atoms with E-state index in [-0.39, 0.29) is 23.4 Å². The minimum Gasteiger partial charge on any atom is -0.341 e. The zero-order valence-corrected chi connectivity index (χ0v) is 17.5. The number of benzene rings is 2. The third kappa shape index (κ3) is 5.25. The van der Waals surface area contributed by atoms with Gasteiger partial charge in [0.05, 0.1) is 17.5 Å². The number of thiophene rings is 1. The SMILES string of the molecule is C#CCNS(=O)(=O)c1ccc(C(=O)NC(c2ccc(Cl)cc2)c2ccsc2)cc1. The molecule has 2 aromatic carbocycles. The van der Waals surface area contributed by atoms with Crippen molar-refractivity contribution in [2.75, 3.05) is 6.54 Å². The van der Waals surface area contributed by atoms with Crippen molar-refractivity contribution < 1.29 is 13.2 Å². The molecule has 0 aliphatic carbocycles. The summed E-state index contributed by atoms with van der Waals surface area (Å²) in [6, 6.07) is 14.5. The lowest BCUT2D eigenvalue weighted by atomic mass is 10.0. The van der Waals surface area contributed by atoms with Gasteiger partial charge in [-0.1, -0.05) is 29.7 Å². The monoisotopic (exact) mass is 444 g/mol. The van der Waals surface area contributed by atoms with Crippen LogP contribution in [0, 0.1) is 12.3 Å². The molecule has 8 heteroatoms. The first-order chi connectivity index (χ1) is 13.9. The fourth-order valence-corrected chi connectivity index (χ4v) is 4.42. The van der Waals surface area contributed by atoms with Crippen LogP contribution >= 0.6 is 22.9 Å². The van der Waals surface area contributed by atoms with E-state index < -0.39 is 10.0 Å². The van der Waals surface area contributed by atoms with Gasteiger partial charge in [0.15, 0.2) is 0 Å². The van der Waals surface area contributed by atoms with Crippen molar-refractivity contribution in [3.8, 4) is 12.3 Å². The molecule has 2 N–H and O–H groups in total. The number of sulfonamides is 1. The minimum absolute atomic E-state index is 0.0383. The highest BCUT2D eigenvalue weighted by Gasteiger charge is 2.19. The van der Waals surface area contributed by atoms with Crippen molar-refractivity contribution in [2.45, 2.75) is 10.9 Å². The van der Waals surface area contributed by atoms with Gasteiger partial charge in [-0.05, 0) is 64.4 Å². The third-order valence-corrected chi connectivity index (χ3v) is 6.52. The lowest BCUT2D eigenvalue weighted by Crippen LogP contribution is -2.29. The second-order valence-corrected chi connectivity index (χ2v) is 9.05. The first-order valence-electron chi connectivity index (χ1n) is 8.52. The van der Waals surface area contributed by atoms with E-state index in [0.29, 0.717) is 10.6 Å². The lowest BCUT2D eigenvalue weighted by molar-refractivity contribution is 0.0943. The van der Waals surface area contributed by atoms with Crippen molar-refractivity contribution in [1.29, 1.82) is 0 Å². The van der Waals surface area contributed by atoms with E-state index in [9.17, 15) is 13.2 Å². The number of hydrogen-bond donors (Lipinski definition) is 2. The topological polar surface area (TPSA) is 75.3 Å². The second-order valence-electron chi connectivity index (χ2n) is 6.07. The van der Waals surface area contributed by atoms with Crippen molar-refractivity contribution in [3.05, 3.63) is 87.1 Å². The van der Waals surface area contributed by atoms with Crippen LogP contribution in [-0.4, -0.2) is 20.9 Å². The summed E-state index contributed by atoms with van der Waals surface area (Å²) in [6.07, 6.45) is 5.08. The largest absolute Gasteiger partial charge is 0.341 e. The zero-order chi connectivity index (χ0) is 20.9. The van der Waals surface area contributed by atoms with Crippen LogP contribution in [0.5, 0.6) is 0 Å². The van der Waals surface area contributed by atoms with Crippen LogP contribution < -0.4 is 10.0 Å². The van der Waals surface area contributed by atoms with Gasteiger partial charge in [-0.25, -0.2) is 8.42 Å². The van der Waals surface area contributed by atoms with E-state index in [1.54, 1.807) is 12.1 Å². The fourth-order valence-electron chi connectivity index (χ4n) is 2.67. The van der Waals surface area contributed by atoms with Crippen LogP contribution in [0.15, 0.2) is 70.3 Å². The Kier molecular flexibility index (Phi) is 6.72. The summed E-state index contributed by atoms with van der Waals surface area (Å²) in [7, 11) is -3.71. The molecule has 3 aromatic rings. The maximum atomic E-state index is 12.8. The summed E-state index contributed by atoms with van der Waals surface area (Å²) in [5.41, 5.74) is 2.18. The second kappa shape index (κ2) is 9.25. The van der Waals surface area contributed by atoms with E-state index in [0.717, 1.165) is 11.1 Å². The maximum Gasteiger partial charge on any atom is 0.252 e. The quantitative estimate of drug-likeness (QED) is 0.544. The number of hydrogen-bond acceptors (Lipinski definition) is 4. The molecule has 1 aromatic heterocycles. The van der Waals surface area contributed by atoms with Crippen molar-refractivity contribution >= 4 is 38.9 Å². The third-order valence-electron chi connectivity index (χ3n) is 4.15. The van der Waals surface area contributed by atoms with Gasteiger partial charge in [0.1, 0.15) is 0 Å². The standard InChI is InChI=1S/C21H17ClN2O3S2/c1-2-12-23-29(26,27)19-9-5-16(6-10-19)21(25)24-20(17-11-13-28-14-17)15-3-7-18(22)8-4-15/h1,3-11,13-14,20,23H,12H2,(H,24,25). The van der Waals surface area contributed by atoms with Crippen LogP contribution in [0.1, 0.15) is 27.5 Å². The van der Waals surface area contributed by atoms with Gasteiger partial charge in [0, 0.05) is 10.6 Å². The highest BCUT2D eigenvalue weighted by Crippen LogP contribution is 2.26. The van der Waals surface area contributed by atoms with Crippen LogP contribution in [0.3, 0.4) is 0 Å². The first kappa shape index (κ1) is 21.1. The molecule has 0 saturated heterocycles. The Morgan fingerprint density at radius 1 is 1.07 bits per heavy atom. The minimum atomic E-state index is -3.71. The van der Waals surface area contributed by atoms with E-state index in [1.165, 1.54) is 35.6 Å². The average Bonchev–Trinajstić information content (AvgIpc) is 3.26. The van der Waals surface area contributed by atoms with Gasteiger partial charge >= 0.3 is 0 Å². The molecule has 3 rings (SSSR count). The van der Waals surface area contributed by atoms with Gasteiger partial charge in [-0.15, -0.1) is 6.42 Å². The Morgan fingerprint density at radius 3 is 2.34 bits per heavy atom. The summed E-state index contributed by atoms with van der Waals surface area (Å²) in [4.78, 5) is 12.8. The molecular formula is C21H17ClN2O3S2. The predicted molar refractivity (Wildman–Crippen MR) is 116 cm³/mol. The van der Waals surface area contributed by atoms with Crippen molar-refractivity contribution in [2.24, 2.45) is 0 Å². The Balaban J connectivity index is 1.81. The molecule has 0 aliphatic heterocycles. The number of rotatable bonds is 7. The molecule has 0 aliphatic rings. The van der Waals surface area contributed by atoms with Gasteiger partial charge < -0.3 is 5.32 Å². The zero-order valence-electron chi connectivity index (χ0n) is 15.1. The average molecular weight is 445 g/mol. The predicted octanol–water partition coefficient (Wildman–Crippen LogP) is 3.83. The molecule has 1 unspecified atom stereocenters. The van der Waals surface area contributed by atoms with Gasteiger partial charge in [0.2, 0.25) is 10.0 Å². The summed E-state index contributed by atoms with van der Waals surface area (Å²) >= 11 is 7.51. The molecular weight excluding hydrogens is 428 g/mol. The first-order valence-corrected chi connectivity index (χ1v) is 11.3. The van der Waals surface area contributed by atoms with Crippen molar-refractivity contribution in [1.82, 2.24) is 10.0 Å². The Bertz CT molecular complexity index is 1120. The fraction of sp³-hybridized carbons (Fsp3) is 0.0952. The van der Waals surface area contributed by atoms with E-state index in [1.807, 2.05) is 29.0 Å². The number of terminal acetylenes is 1. The molecule has 29 heavy (non-hydrogen) atoms. The Morgan fingerprint density at radius 2 is 1.76 bits per heavy atom. The summed E-state index contributed by atoms with van der Waals surface area (Å²) in [5, 5.41) is 7.51. The number of carbonyl (C=O) groups excluding carboxylic acids is 1. The molecule has 0 radical (unpaired) electrons. The maximum absolute atomic E-state index is 12.8. The van der Waals surface area contributed by atoms with E-state index in [4.69, 9.17) is 18.0 Å². The summed E-state index contributed by atoms with van der Waals surface area (Å²) < 4.78 is 26.5. The van der Waals surface area contributed by atoms with E-state index >= 15 is 0 Å². The van der Waals surface area contributed by atoms with Gasteiger partial charge in [0.25, 0.3) is 5.91 Å². The molecule has 148 valence electrons. The molecule has 1 heterocycles. The number of nitrogens with one attached hydrogen (secondary N) is 2. The Labute approximate surface area is 178 Å². The molecule has 1 atom stereocenters. The molecule has 0 spiro atoms. The number of carbonyl (C=O) groups is 1. The van der Waals surface area contributed by atoms with Crippen LogP contribution in [0.4, 0.5) is 0 Å². The van der Waals surface area contributed by atoms with Crippen LogP contribution in [0.2, 0.25) is 5.02 Å².